The summed E-state index contributed by atoms with van der Waals surface area (Å²) < 4.78 is 0. The van der Waals surface area contributed by atoms with Crippen LogP contribution in [0.5, 0.6) is 0 Å². The molecule has 0 atom stereocenters. The molecule has 1 fully saturated rings. The van der Waals surface area contributed by atoms with Gasteiger partial charge in [-0.2, -0.15) is 0 Å². The molecule has 3 N–H and O–H groups in total. The van der Waals surface area contributed by atoms with Crippen LogP contribution in [-0.2, 0) is 6.54 Å². The number of hydrogen-bond acceptors (Lipinski definition) is 4. The molecule has 170 valence electrons. The number of hydrogen-bond donors (Lipinski definition) is 3. The number of carbonyl (C=O) groups is 1. The molecule has 0 saturated carbocycles. The molecule has 3 rings (SSSR count). The second-order valence-corrected chi connectivity index (χ2v) is 8.52. The molecule has 0 radical (unpaired) electrons. The van der Waals surface area contributed by atoms with E-state index in [9.17, 15) is 4.79 Å². The first-order valence-electron chi connectivity index (χ1n) is 10.8. The van der Waals surface area contributed by atoms with E-state index in [1.807, 2.05) is 24.3 Å². The van der Waals surface area contributed by atoms with Crippen LogP contribution >= 0.6 is 35.3 Å². The van der Waals surface area contributed by atoms with Crippen molar-refractivity contribution >= 4 is 52.2 Å². The highest BCUT2D eigenvalue weighted by Crippen LogP contribution is 2.24. The lowest BCUT2D eigenvalue weighted by Crippen LogP contribution is -2.48. The Hall–Kier alpha value is -1.81. The molecule has 0 spiro atoms. The zero-order valence-corrected chi connectivity index (χ0v) is 21.5. The molecule has 1 saturated heterocycles. The summed E-state index contributed by atoms with van der Waals surface area (Å²) in [4.78, 5) is 18.9. The summed E-state index contributed by atoms with van der Waals surface area (Å²) in [6.07, 6.45) is 4.28. The van der Waals surface area contributed by atoms with Gasteiger partial charge in [-0.1, -0.05) is 25.5 Å². The van der Waals surface area contributed by atoms with E-state index < -0.39 is 0 Å². The quantitative estimate of drug-likeness (QED) is 0.198. The maximum atomic E-state index is 12.1. The third kappa shape index (κ3) is 7.99. The molecule has 1 aromatic heterocycles. The predicted octanol–water partition coefficient (Wildman–Crippen LogP) is 4.23. The molecular formula is C23H34IN5OS. The topological polar surface area (TPSA) is 68.8 Å². The van der Waals surface area contributed by atoms with Crippen molar-refractivity contribution in [1.29, 1.82) is 0 Å². The Labute approximate surface area is 206 Å². The van der Waals surface area contributed by atoms with Gasteiger partial charge >= 0.3 is 0 Å². The van der Waals surface area contributed by atoms with E-state index in [-0.39, 0.29) is 29.9 Å². The molecule has 31 heavy (non-hydrogen) atoms. The summed E-state index contributed by atoms with van der Waals surface area (Å²) in [5.41, 5.74) is 1.82. The second-order valence-electron chi connectivity index (χ2n) is 7.59. The fourth-order valence-electron chi connectivity index (χ4n) is 3.52. The third-order valence-corrected chi connectivity index (χ3v) is 6.30. The van der Waals surface area contributed by atoms with E-state index in [1.54, 1.807) is 18.4 Å². The molecule has 8 heteroatoms. The normalized spacial score (nSPS) is 14.6. The summed E-state index contributed by atoms with van der Waals surface area (Å²) in [6, 6.07) is 12.5. The lowest BCUT2D eigenvalue weighted by Gasteiger charge is -2.33. The van der Waals surface area contributed by atoms with Crippen LogP contribution in [0.25, 0.3) is 0 Å². The molecule has 1 aliphatic rings. The van der Waals surface area contributed by atoms with Gasteiger partial charge in [0.1, 0.15) is 0 Å². The van der Waals surface area contributed by atoms with Crippen LogP contribution in [0.3, 0.4) is 0 Å². The molecule has 2 aromatic rings. The van der Waals surface area contributed by atoms with Crippen molar-refractivity contribution in [3.63, 3.8) is 0 Å². The van der Waals surface area contributed by atoms with Crippen molar-refractivity contribution in [2.24, 2.45) is 4.99 Å². The zero-order valence-electron chi connectivity index (χ0n) is 18.4. The highest BCUT2D eigenvalue weighted by atomic mass is 127. The van der Waals surface area contributed by atoms with Gasteiger partial charge in [-0.05, 0) is 54.5 Å². The van der Waals surface area contributed by atoms with Crippen molar-refractivity contribution in [2.45, 2.75) is 45.2 Å². The maximum absolute atomic E-state index is 12.1. The average Bonchev–Trinajstić information content (AvgIpc) is 3.32. The number of rotatable bonds is 8. The van der Waals surface area contributed by atoms with E-state index in [1.165, 1.54) is 5.00 Å². The molecule has 1 amide bonds. The SMILES string of the molecule is CCCCNC(=O)c1ccc(CNC(=NC)NC2CCN(c3cccs3)CC2)cc1.I. The Bertz CT molecular complexity index is 802. The standard InChI is InChI=1S/C23H33N5OS.HI/c1-3-4-13-25-22(29)19-9-7-18(8-10-19)17-26-23(24-2)27-20-11-14-28(15-12-20)21-6-5-16-30-21;/h5-10,16,20H,3-4,11-15,17H2,1-2H3,(H,25,29)(H2,24,26,27);1H. The highest BCUT2D eigenvalue weighted by molar-refractivity contribution is 14.0. The Kier molecular flexibility index (Phi) is 11.1. The van der Waals surface area contributed by atoms with Crippen molar-refractivity contribution in [3.8, 4) is 0 Å². The number of nitrogens with one attached hydrogen (secondary N) is 3. The largest absolute Gasteiger partial charge is 0.363 e. The van der Waals surface area contributed by atoms with E-state index in [4.69, 9.17) is 0 Å². The van der Waals surface area contributed by atoms with Gasteiger partial charge < -0.3 is 20.9 Å². The summed E-state index contributed by atoms with van der Waals surface area (Å²) in [5.74, 6) is 0.820. The highest BCUT2D eigenvalue weighted by Gasteiger charge is 2.20. The molecule has 1 aliphatic heterocycles. The van der Waals surface area contributed by atoms with Crippen LogP contribution in [-0.4, -0.2) is 44.6 Å². The summed E-state index contributed by atoms with van der Waals surface area (Å²) >= 11 is 1.81. The van der Waals surface area contributed by atoms with Crippen LogP contribution in [0.1, 0.15) is 48.5 Å². The first-order valence-corrected chi connectivity index (χ1v) is 11.7. The number of amides is 1. The zero-order chi connectivity index (χ0) is 21.2. The number of thiophene rings is 1. The maximum Gasteiger partial charge on any atom is 0.251 e. The second kappa shape index (κ2) is 13.6. The predicted molar refractivity (Wildman–Crippen MR) is 142 cm³/mol. The van der Waals surface area contributed by atoms with Crippen molar-refractivity contribution in [2.75, 3.05) is 31.6 Å². The van der Waals surface area contributed by atoms with Crippen LogP contribution in [0.2, 0.25) is 0 Å². The molecule has 0 aliphatic carbocycles. The summed E-state index contributed by atoms with van der Waals surface area (Å²) in [6.45, 7) is 5.65. The number of halogens is 1. The minimum atomic E-state index is -0.00525. The lowest BCUT2D eigenvalue weighted by atomic mass is 10.1. The van der Waals surface area contributed by atoms with Gasteiger partial charge in [-0.3, -0.25) is 9.79 Å². The molecule has 0 unspecified atom stereocenters. The number of nitrogens with zero attached hydrogens (tertiary/aromatic N) is 2. The molecule has 6 nitrogen and oxygen atoms in total. The monoisotopic (exact) mass is 555 g/mol. The van der Waals surface area contributed by atoms with E-state index in [0.29, 0.717) is 18.2 Å². The minimum absolute atomic E-state index is 0. The van der Waals surface area contributed by atoms with Gasteiger partial charge in [-0.15, -0.1) is 35.3 Å². The number of guanidine groups is 1. The van der Waals surface area contributed by atoms with Gasteiger partial charge in [0.15, 0.2) is 5.96 Å². The van der Waals surface area contributed by atoms with Crippen LogP contribution in [0.15, 0.2) is 46.8 Å². The number of unbranched alkanes of at least 4 members (excludes halogenated alkanes) is 1. The van der Waals surface area contributed by atoms with Crippen molar-refractivity contribution in [3.05, 3.63) is 52.9 Å². The lowest BCUT2D eigenvalue weighted by molar-refractivity contribution is 0.0953. The molecular weight excluding hydrogens is 521 g/mol. The Balaban J connectivity index is 0.00000341. The first-order chi connectivity index (χ1) is 14.7. The summed E-state index contributed by atoms with van der Waals surface area (Å²) in [5, 5.41) is 13.4. The first kappa shape index (κ1) is 25.5. The number of carbonyl (C=O) groups excluding carboxylic acids is 1. The van der Waals surface area contributed by atoms with Crippen LogP contribution < -0.4 is 20.9 Å². The fraction of sp³-hybridized carbons (Fsp3) is 0.478. The fourth-order valence-corrected chi connectivity index (χ4v) is 4.31. The van der Waals surface area contributed by atoms with E-state index in [0.717, 1.165) is 56.8 Å². The van der Waals surface area contributed by atoms with Crippen LogP contribution in [0.4, 0.5) is 5.00 Å². The van der Waals surface area contributed by atoms with E-state index in [2.05, 4.69) is 50.3 Å². The Morgan fingerprint density at radius 2 is 1.90 bits per heavy atom. The van der Waals surface area contributed by atoms with Gasteiger partial charge in [0.25, 0.3) is 5.91 Å². The smallest absolute Gasteiger partial charge is 0.251 e. The van der Waals surface area contributed by atoms with Crippen molar-refractivity contribution in [1.82, 2.24) is 16.0 Å². The van der Waals surface area contributed by atoms with Gasteiger partial charge in [-0.25, -0.2) is 0 Å². The molecule has 2 heterocycles. The Morgan fingerprint density at radius 1 is 1.16 bits per heavy atom. The molecule has 0 bridgehead atoms. The van der Waals surface area contributed by atoms with Gasteiger partial charge in [0.05, 0.1) is 5.00 Å². The van der Waals surface area contributed by atoms with Gasteiger partial charge in [0.2, 0.25) is 0 Å². The number of benzene rings is 1. The van der Waals surface area contributed by atoms with Gasteiger partial charge in [0, 0.05) is 44.8 Å². The summed E-state index contributed by atoms with van der Waals surface area (Å²) in [7, 11) is 1.81. The minimum Gasteiger partial charge on any atom is -0.363 e. The average molecular weight is 556 g/mol. The number of aliphatic imine (C=N–C) groups is 1. The molecule has 1 aromatic carbocycles. The number of anilines is 1. The van der Waals surface area contributed by atoms with Crippen molar-refractivity contribution < 1.29 is 4.79 Å². The Morgan fingerprint density at radius 3 is 2.52 bits per heavy atom. The van der Waals surface area contributed by atoms with Crippen LogP contribution in [0, 0.1) is 0 Å². The van der Waals surface area contributed by atoms with E-state index >= 15 is 0 Å². The third-order valence-electron chi connectivity index (χ3n) is 5.37. The number of piperidine rings is 1.